The molecule has 1 amide bonds. The number of pyridine rings is 4. The second-order valence-corrected chi connectivity index (χ2v) is 8.77. The number of anilines is 1. The molecular formula is C26H20FN9O. The number of fused-ring (bicyclic) bond motifs is 2. The van der Waals surface area contributed by atoms with Gasteiger partial charge in [0.25, 0.3) is 0 Å². The molecule has 6 rings (SSSR count). The first kappa shape index (κ1) is 22.4. The van der Waals surface area contributed by atoms with Crippen LogP contribution in [0.1, 0.15) is 13.8 Å². The molecule has 182 valence electrons. The summed E-state index contributed by atoms with van der Waals surface area (Å²) in [5.74, 6) is -0.599. The van der Waals surface area contributed by atoms with E-state index in [2.05, 4.69) is 45.4 Å². The first-order valence-electron chi connectivity index (χ1n) is 11.5. The van der Waals surface area contributed by atoms with Crippen molar-refractivity contribution < 1.29 is 9.18 Å². The molecule has 0 saturated heterocycles. The van der Waals surface area contributed by atoms with E-state index in [0.717, 1.165) is 11.1 Å². The highest BCUT2D eigenvalue weighted by molar-refractivity contribution is 5.97. The number of halogens is 1. The molecule has 0 aromatic carbocycles. The van der Waals surface area contributed by atoms with Gasteiger partial charge in [-0.05, 0) is 18.2 Å². The highest BCUT2D eigenvalue weighted by atomic mass is 19.1. The van der Waals surface area contributed by atoms with Crippen molar-refractivity contribution in [3.63, 3.8) is 0 Å². The zero-order chi connectivity index (χ0) is 25.5. The third-order valence-corrected chi connectivity index (χ3v) is 5.94. The lowest BCUT2D eigenvalue weighted by atomic mass is 10.1. The molecule has 0 spiro atoms. The van der Waals surface area contributed by atoms with Crippen LogP contribution in [0.4, 0.5) is 10.1 Å². The molecule has 0 fully saturated rings. The van der Waals surface area contributed by atoms with E-state index in [9.17, 15) is 4.79 Å². The van der Waals surface area contributed by atoms with Crippen LogP contribution in [0.15, 0.2) is 61.4 Å². The Morgan fingerprint density at radius 2 is 1.86 bits per heavy atom. The monoisotopic (exact) mass is 493 g/mol. The summed E-state index contributed by atoms with van der Waals surface area (Å²) in [4.78, 5) is 36.9. The molecule has 0 aliphatic heterocycles. The van der Waals surface area contributed by atoms with E-state index in [0.29, 0.717) is 39.4 Å². The van der Waals surface area contributed by atoms with Gasteiger partial charge in [-0.1, -0.05) is 19.9 Å². The van der Waals surface area contributed by atoms with E-state index in [1.165, 1.54) is 18.6 Å². The molecule has 6 aromatic heterocycles. The van der Waals surface area contributed by atoms with Gasteiger partial charge >= 0.3 is 0 Å². The summed E-state index contributed by atoms with van der Waals surface area (Å²) < 4.78 is 16.0. The lowest BCUT2D eigenvalue weighted by Gasteiger charge is -2.09. The van der Waals surface area contributed by atoms with Crippen LogP contribution in [-0.2, 0) is 4.79 Å². The van der Waals surface area contributed by atoms with Crippen LogP contribution in [0.25, 0.3) is 56.0 Å². The molecule has 11 heteroatoms. The highest BCUT2D eigenvalue weighted by Gasteiger charge is 2.22. The van der Waals surface area contributed by atoms with Crippen LogP contribution in [0.3, 0.4) is 0 Å². The van der Waals surface area contributed by atoms with E-state index >= 15 is 4.39 Å². The third kappa shape index (κ3) is 3.96. The van der Waals surface area contributed by atoms with Crippen molar-refractivity contribution in [3.05, 3.63) is 67.3 Å². The van der Waals surface area contributed by atoms with Crippen LogP contribution < -0.4 is 5.32 Å². The zero-order valence-electron chi connectivity index (χ0n) is 19.8. The number of H-pyrrole nitrogens is 2. The van der Waals surface area contributed by atoms with Gasteiger partial charge in [-0.25, -0.2) is 14.4 Å². The number of imidazole rings is 1. The molecule has 0 unspecified atom stereocenters. The fraction of sp³-hybridized carbons (Fsp3) is 0.115. The summed E-state index contributed by atoms with van der Waals surface area (Å²) in [6, 6.07) is 7.29. The molecule has 3 N–H and O–H groups in total. The fourth-order valence-corrected chi connectivity index (χ4v) is 4.06. The Hall–Kier alpha value is -5.06. The van der Waals surface area contributed by atoms with E-state index in [1.54, 1.807) is 38.5 Å². The topological polar surface area (TPSA) is 138 Å². The Morgan fingerprint density at radius 1 is 1.00 bits per heavy atom. The number of nitrogens with one attached hydrogen (secondary N) is 3. The predicted molar refractivity (Wildman–Crippen MR) is 137 cm³/mol. The highest BCUT2D eigenvalue weighted by Crippen LogP contribution is 2.34. The van der Waals surface area contributed by atoms with E-state index in [4.69, 9.17) is 0 Å². The summed E-state index contributed by atoms with van der Waals surface area (Å²) in [5, 5.41) is 10.2. The van der Waals surface area contributed by atoms with E-state index in [1.807, 2.05) is 18.2 Å². The fourth-order valence-electron chi connectivity index (χ4n) is 4.06. The average molecular weight is 494 g/mol. The molecule has 0 radical (unpaired) electrons. The standard InChI is InChI=1S/C26H20FN9O/c1-13(2)26(37)32-16-8-15(10-29-11-16)21-20(27)19-18(12-31-21)35-36-23(19)25-33-22-17(5-7-30-24(22)34-25)14-4-3-6-28-9-14/h3-13H,1-2H3,(H,32,37)(H,35,36)(H,30,33,34). The van der Waals surface area contributed by atoms with Crippen LogP contribution in [-0.4, -0.2) is 46.0 Å². The summed E-state index contributed by atoms with van der Waals surface area (Å²) >= 11 is 0. The van der Waals surface area contributed by atoms with Gasteiger partial charge in [0.1, 0.15) is 11.4 Å². The molecule has 0 aliphatic rings. The van der Waals surface area contributed by atoms with Gasteiger partial charge in [0, 0.05) is 47.4 Å². The van der Waals surface area contributed by atoms with Crippen molar-refractivity contribution in [3.8, 4) is 33.9 Å². The Bertz CT molecular complexity index is 1780. The summed E-state index contributed by atoms with van der Waals surface area (Å²) in [6.45, 7) is 3.57. The number of amides is 1. The Labute approximate surface area is 209 Å². The number of nitrogens with zero attached hydrogens (tertiary/aromatic N) is 6. The molecule has 6 aromatic rings. The minimum absolute atomic E-state index is 0.0774. The van der Waals surface area contributed by atoms with Gasteiger partial charge < -0.3 is 10.3 Å². The molecular weight excluding hydrogens is 473 g/mol. The van der Waals surface area contributed by atoms with Gasteiger partial charge in [-0.2, -0.15) is 5.10 Å². The number of hydrogen-bond acceptors (Lipinski definition) is 7. The van der Waals surface area contributed by atoms with Crippen molar-refractivity contribution in [1.82, 2.24) is 40.1 Å². The first-order chi connectivity index (χ1) is 18.0. The van der Waals surface area contributed by atoms with E-state index < -0.39 is 5.82 Å². The van der Waals surface area contributed by atoms with Crippen molar-refractivity contribution in [2.45, 2.75) is 13.8 Å². The second kappa shape index (κ2) is 8.86. The van der Waals surface area contributed by atoms with Gasteiger partial charge in [-0.3, -0.25) is 24.8 Å². The van der Waals surface area contributed by atoms with Crippen LogP contribution in [0, 0.1) is 11.7 Å². The molecule has 6 heterocycles. The molecule has 0 bridgehead atoms. The lowest BCUT2D eigenvalue weighted by Crippen LogP contribution is -2.17. The van der Waals surface area contributed by atoms with Crippen molar-refractivity contribution >= 4 is 33.7 Å². The smallest absolute Gasteiger partial charge is 0.226 e. The minimum Gasteiger partial charge on any atom is -0.335 e. The third-order valence-electron chi connectivity index (χ3n) is 5.94. The zero-order valence-corrected chi connectivity index (χ0v) is 19.8. The summed E-state index contributed by atoms with van der Waals surface area (Å²) in [5.41, 5.74) is 4.58. The van der Waals surface area contributed by atoms with Crippen molar-refractivity contribution in [1.29, 1.82) is 0 Å². The molecule has 0 saturated carbocycles. The van der Waals surface area contributed by atoms with Gasteiger partial charge in [0.05, 0.1) is 34.5 Å². The maximum absolute atomic E-state index is 16.0. The normalized spacial score (nSPS) is 11.5. The maximum Gasteiger partial charge on any atom is 0.226 e. The quantitative estimate of drug-likeness (QED) is 0.315. The Balaban J connectivity index is 1.45. The van der Waals surface area contributed by atoms with E-state index in [-0.39, 0.29) is 22.9 Å². The number of carbonyl (C=O) groups excluding carboxylic acids is 1. The Kier molecular flexibility index (Phi) is 5.37. The summed E-state index contributed by atoms with van der Waals surface area (Å²) in [6.07, 6.45) is 9.62. The number of carbonyl (C=O) groups is 1. The second-order valence-electron chi connectivity index (χ2n) is 8.77. The number of aromatic nitrogens is 8. The van der Waals surface area contributed by atoms with Crippen LogP contribution in [0.5, 0.6) is 0 Å². The molecule has 0 atom stereocenters. The lowest BCUT2D eigenvalue weighted by molar-refractivity contribution is -0.118. The maximum atomic E-state index is 16.0. The van der Waals surface area contributed by atoms with Crippen LogP contribution in [0.2, 0.25) is 0 Å². The summed E-state index contributed by atoms with van der Waals surface area (Å²) in [7, 11) is 0. The first-order valence-corrected chi connectivity index (χ1v) is 11.5. The van der Waals surface area contributed by atoms with Gasteiger partial charge in [0.2, 0.25) is 5.91 Å². The SMILES string of the molecule is CC(C)C(=O)Nc1cncc(-c2ncc3[nH]nc(-c4nc5nccc(-c6cccnc6)c5[nH]4)c3c2F)c1. The Morgan fingerprint density at radius 3 is 2.68 bits per heavy atom. The van der Waals surface area contributed by atoms with Crippen molar-refractivity contribution in [2.24, 2.45) is 5.92 Å². The molecule has 37 heavy (non-hydrogen) atoms. The largest absolute Gasteiger partial charge is 0.335 e. The number of rotatable bonds is 5. The molecule has 10 nitrogen and oxygen atoms in total. The predicted octanol–water partition coefficient (Wildman–Crippen LogP) is 4.75. The van der Waals surface area contributed by atoms with Crippen molar-refractivity contribution in [2.75, 3.05) is 5.32 Å². The number of aromatic amines is 2. The average Bonchev–Trinajstić information content (AvgIpc) is 3.54. The van der Waals surface area contributed by atoms with Gasteiger partial charge in [0.15, 0.2) is 17.3 Å². The minimum atomic E-state index is -0.587. The number of hydrogen-bond donors (Lipinski definition) is 3. The molecule has 0 aliphatic carbocycles. The van der Waals surface area contributed by atoms with Gasteiger partial charge in [-0.15, -0.1) is 0 Å². The van der Waals surface area contributed by atoms with Crippen LogP contribution >= 0.6 is 0 Å².